The molecule has 5 heteroatoms. The summed E-state index contributed by atoms with van der Waals surface area (Å²) in [6.07, 6.45) is 0.399. The lowest BCUT2D eigenvalue weighted by atomic mass is 9.86. The molecule has 0 fully saturated rings. The topological polar surface area (TPSA) is 58.2 Å². The zero-order valence-electron chi connectivity index (χ0n) is 17.1. The van der Waals surface area contributed by atoms with Gasteiger partial charge in [-0.2, -0.15) is 11.8 Å². The molecular formula is C23H30N2O2S. The number of rotatable bonds is 8. The molecule has 1 atom stereocenters. The standard InChI is InChI=1S/C23H30N2O2S/c1-23(2,3)21(22(27)24-4)25-20(26)14-15-28-16-17-10-12-19(13-11-17)18-8-6-5-7-9-18/h5-13,21H,14-16H2,1-4H3,(H,24,27)(H,25,26)/t21-/m0/s1. The highest BCUT2D eigenvalue weighted by molar-refractivity contribution is 7.98. The van der Waals surface area contributed by atoms with Crippen LogP contribution in [0.15, 0.2) is 54.6 Å². The van der Waals surface area contributed by atoms with Gasteiger partial charge in [-0.1, -0.05) is 75.4 Å². The third-order valence-electron chi connectivity index (χ3n) is 4.48. The number of carbonyl (C=O) groups is 2. The number of nitrogens with one attached hydrogen (secondary N) is 2. The smallest absolute Gasteiger partial charge is 0.242 e. The van der Waals surface area contributed by atoms with Crippen molar-refractivity contribution in [2.24, 2.45) is 5.41 Å². The number of hydrogen-bond donors (Lipinski definition) is 2. The Morgan fingerprint density at radius 2 is 1.57 bits per heavy atom. The van der Waals surface area contributed by atoms with Crippen LogP contribution in [0.1, 0.15) is 32.8 Å². The Kier molecular flexibility index (Phi) is 8.12. The van der Waals surface area contributed by atoms with Crippen molar-refractivity contribution < 1.29 is 9.59 Å². The van der Waals surface area contributed by atoms with Crippen LogP contribution in [0.25, 0.3) is 11.1 Å². The number of benzene rings is 2. The van der Waals surface area contributed by atoms with Gasteiger partial charge in [-0.3, -0.25) is 9.59 Å². The van der Waals surface area contributed by atoms with E-state index < -0.39 is 6.04 Å². The quantitative estimate of drug-likeness (QED) is 0.654. The van der Waals surface area contributed by atoms with Crippen LogP contribution in [0.5, 0.6) is 0 Å². The van der Waals surface area contributed by atoms with Crippen LogP contribution in [0, 0.1) is 5.41 Å². The minimum atomic E-state index is -0.527. The minimum absolute atomic E-state index is 0.0875. The van der Waals surface area contributed by atoms with Crippen molar-refractivity contribution in [3.8, 4) is 11.1 Å². The fourth-order valence-electron chi connectivity index (χ4n) is 2.83. The molecule has 0 aliphatic carbocycles. The highest BCUT2D eigenvalue weighted by Crippen LogP contribution is 2.22. The molecule has 0 heterocycles. The van der Waals surface area contributed by atoms with Crippen LogP contribution < -0.4 is 10.6 Å². The molecule has 28 heavy (non-hydrogen) atoms. The molecule has 0 saturated carbocycles. The van der Waals surface area contributed by atoms with Gasteiger partial charge in [0.15, 0.2) is 0 Å². The van der Waals surface area contributed by atoms with E-state index in [-0.39, 0.29) is 17.2 Å². The van der Waals surface area contributed by atoms with Gasteiger partial charge in [0, 0.05) is 25.0 Å². The molecule has 150 valence electrons. The highest BCUT2D eigenvalue weighted by atomic mass is 32.2. The van der Waals surface area contributed by atoms with Gasteiger partial charge in [0.2, 0.25) is 11.8 Å². The third-order valence-corrected chi connectivity index (χ3v) is 5.51. The molecule has 0 saturated heterocycles. The SMILES string of the molecule is CNC(=O)[C@H](NC(=O)CCSCc1ccc(-c2ccccc2)cc1)C(C)(C)C. The molecule has 0 radical (unpaired) electrons. The minimum Gasteiger partial charge on any atom is -0.357 e. The van der Waals surface area contributed by atoms with Crippen LogP contribution in [0.4, 0.5) is 0 Å². The van der Waals surface area contributed by atoms with Crippen molar-refractivity contribution in [1.82, 2.24) is 10.6 Å². The first-order valence-electron chi connectivity index (χ1n) is 9.54. The molecule has 2 aromatic rings. The summed E-state index contributed by atoms with van der Waals surface area (Å²) >= 11 is 1.72. The molecular weight excluding hydrogens is 368 g/mol. The lowest BCUT2D eigenvalue weighted by molar-refractivity contribution is -0.131. The third kappa shape index (κ3) is 6.71. The number of thioether (sulfide) groups is 1. The fourth-order valence-corrected chi connectivity index (χ4v) is 3.73. The Balaban J connectivity index is 1.77. The largest absolute Gasteiger partial charge is 0.357 e. The van der Waals surface area contributed by atoms with Crippen LogP contribution in [0.3, 0.4) is 0 Å². The Morgan fingerprint density at radius 3 is 2.14 bits per heavy atom. The number of hydrogen-bond acceptors (Lipinski definition) is 3. The van der Waals surface area contributed by atoms with Crippen molar-refractivity contribution in [3.05, 3.63) is 60.2 Å². The van der Waals surface area contributed by atoms with Gasteiger partial charge in [0.1, 0.15) is 6.04 Å². The Morgan fingerprint density at radius 1 is 0.964 bits per heavy atom. The summed E-state index contributed by atoms with van der Waals surface area (Å²) in [5.41, 5.74) is 3.32. The van der Waals surface area contributed by atoms with Gasteiger partial charge in [0.05, 0.1) is 0 Å². The second-order valence-corrected chi connectivity index (χ2v) is 8.95. The molecule has 0 aromatic heterocycles. The summed E-state index contributed by atoms with van der Waals surface area (Å²) in [5, 5.41) is 5.49. The van der Waals surface area contributed by atoms with Gasteiger partial charge in [0.25, 0.3) is 0 Å². The van der Waals surface area contributed by atoms with Crippen molar-refractivity contribution >= 4 is 23.6 Å². The van der Waals surface area contributed by atoms with E-state index in [4.69, 9.17) is 0 Å². The van der Waals surface area contributed by atoms with Crippen molar-refractivity contribution in [2.75, 3.05) is 12.8 Å². The molecule has 2 amide bonds. The summed E-state index contributed by atoms with van der Waals surface area (Å²) in [6, 6.07) is 18.3. The summed E-state index contributed by atoms with van der Waals surface area (Å²) in [6.45, 7) is 5.84. The molecule has 0 spiro atoms. The van der Waals surface area contributed by atoms with E-state index in [1.807, 2.05) is 39.0 Å². The maximum Gasteiger partial charge on any atom is 0.242 e. The van der Waals surface area contributed by atoms with E-state index in [1.54, 1.807) is 18.8 Å². The lowest BCUT2D eigenvalue weighted by Gasteiger charge is -2.29. The summed E-state index contributed by atoms with van der Waals surface area (Å²) in [4.78, 5) is 24.2. The summed E-state index contributed by atoms with van der Waals surface area (Å²) < 4.78 is 0. The average Bonchev–Trinajstić information content (AvgIpc) is 2.69. The van der Waals surface area contributed by atoms with Crippen LogP contribution >= 0.6 is 11.8 Å². The molecule has 0 unspecified atom stereocenters. The predicted molar refractivity (Wildman–Crippen MR) is 118 cm³/mol. The van der Waals surface area contributed by atoms with E-state index in [0.717, 1.165) is 11.5 Å². The molecule has 4 nitrogen and oxygen atoms in total. The van der Waals surface area contributed by atoms with Gasteiger partial charge < -0.3 is 10.6 Å². The monoisotopic (exact) mass is 398 g/mol. The number of carbonyl (C=O) groups excluding carboxylic acids is 2. The van der Waals surface area contributed by atoms with E-state index in [1.165, 1.54) is 16.7 Å². The molecule has 2 N–H and O–H groups in total. The molecule has 2 rings (SSSR count). The van der Waals surface area contributed by atoms with E-state index in [2.05, 4.69) is 47.0 Å². The second-order valence-electron chi connectivity index (χ2n) is 7.85. The summed E-state index contributed by atoms with van der Waals surface area (Å²) in [7, 11) is 1.59. The Bertz CT molecular complexity index is 767. The van der Waals surface area contributed by atoms with Gasteiger partial charge in [-0.05, 0) is 22.1 Å². The Hall–Kier alpha value is -2.27. The maximum atomic E-state index is 12.2. The normalized spacial score (nSPS) is 12.3. The second kappa shape index (κ2) is 10.3. The zero-order valence-corrected chi connectivity index (χ0v) is 17.9. The summed E-state index contributed by atoms with van der Waals surface area (Å²) in [5.74, 6) is 1.33. The molecule has 0 aliphatic heterocycles. The molecule has 0 aliphatic rings. The van der Waals surface area contributed by atoms with Gasteiger partial charge in [-0.25, -0.2) is 0 Å². The van der Waals surface area contributed by atoms with Gasteiger partial charge >= 0.3 is 0 Å². The van der Waals surface area contributed by atoms with Crippen LogP contribution in [0.2, 0.25) is 0 Å². The van der Waals surface area contributed by atoms with Crippen LogP contribution in [-0.4, -0.2) is 30.7 Å². The van der Waals surface area contributed by atoms with E-state index in [0.29, 0.717) is 6.42 Å². The average molecular weight is 399 g/mol. The zero-order chi connectivity index (χ0) is 20.6. The van der Waals surface area contributed by atoms with Crippen molar-refractivity contribution in [1.29, 1.82) is 0 Å². The fraction of sp³-hybridized carbons (Fsp3) is 0.391. The lowest BCUT2D eigenvalue weighted by Crippen LogP contribution is -2.52. The van der Waals surface area contributed by atoms with Crippen molar-refractivity contribution in [2.45, 2.75) is 39.0 Å². The Labute approximate surface area is 172 Å². The predicted octanol–water partition coefficient (Wildman–Crippen LogP) is 4.25. The first-order chi connectivity index (χ1) is 13.3. The maximum absolute atomic E-state index is 12.2. The first-order valence-corrected chi connectivity index (χ1v) is 10.7. The number of likely N-dealkylation sites (N-methyl/N-ethyl adjacent to an activating group) is 1. The van der Waals surface area contributed by atoms with Crippen LogP contribution in [-0.2, 0) is 15.3 Å². The van der Waals surface area contributed by atoms with Crippen molar-refractivity contribution in [3.63, 3.8) is 0 Å². The first kappa shape index (κ1) is 22.0. The number of amides is 2. The van der Waals surface area contributed by atoms with E-state index >= 15 is 0 Å². The van der Waals surface area contributed by atoms with E-state index in [9.17, 15) is 9.59 Å². The molecule has 2 aromatic carbocycles. The van der Waals surface area contributed by atoms with Gasteiger partial charge in [-0.15, -0.1) is 0 Å². The molecule has 0 bridgehead atoms. The highest BCUT2D eigenvalue weighted by Gasteiger charge is 2.31.